The predicted octanol–water partition coefficient (Wildman–Crippen LogP) is 5.05. The average molecular weight is 536 g/mol. The Balaban J connectivity index is 1.40. The molecule has 2 unspecified atom stereocenters. The van der Waals surface area contributed by atoms with E-state index < -0.39 is 6.36 Å². The first-order valence-corrected chi connectivity index (χ1v) is 12.3. The number of H-pyrrole nitrogens is 1. The SMILES string of the molecule is O=C(N1CCOCC1)N1CC(c2ccc(OC(F)(F)F)cc2)CC(c2cc(-c3ccnc(Cl)c3)n[nH]2)C1. The summed E-state index contributed by atoms with van der Waals surface area (Å²) in [4.78, 5) is 21.0. The number of halogens is 4. The fraction of sp³-hybridized carbons (Fsp3) is 0.400. The van der Waals surface area contributed by atoms with Gasteiger partial charge in [-0.2, -0.15) is 5.10 Å². The number of amides is 2. The summed E-state index contributed by atoms with van der Waals surface area (Å²) in [7, 11) is 0. The normalized spacial score (nSPS) is 20.6. The van der Waals surface area contributed by atoms with Gasteiger partial charge in [0, 0.05) is 55.5 Å². The van der Waals surface area contributed by atoms with Crippen molar-refractivity contribution in [3.05, 3.63) is 65.1 Å². The van der Waals surface area contributed by atoms with Gasteiger partial charge in [0.1, 0.15) is 10.9 Å². The molecular weight excluding hydrogens is 511 g/mol. The number of piperidine rings is 1. The number of ether oxygens (including phenoxy) is 2. The first-order chi connectivity index (χ1) is 17.7. The van der Waals surface area contributed by atoms with Crippen molar-refractivity contribution >= 4 is 17.6 Å². The van der Waals surface area contributed by atoms with Gasteiger partial charge in [0.2, 0.25) is 0 Å². The highest BCUT2D eigenvalue weighted by molar-refractivity contribution is 6.29. The van der Waals surface area contributed by atoms with Crippen LogP contribution < -0.4 is 4.74 Å². The van der Waals surface area contributed by atoms with E-state index in [0.29, 0.717) is 56.7 Å². The van der Waals surface area contributed by atoms with Crippen LogP contribution in [0, 0.1) is 0 Å². The monoisotopic (exact) mass is 535 g/mol. The molecule has 0 bridgehead atoms. The van der Waals surface area contributed by atoms with Crippen molar-refractivity contribution in [3.8, 4) is 17.0 Å². The van der Waals surface area contributed by atoms with Gasteiger partial charge in [0.25, 0.3) is 0 Å². The maximum absolute atomic E-state index is 13.4. The van der Waals surface area contributed by atoms with Gasteiger partial charge in [0.15, 0.2) is 0 Å². The largest absolute Gasteiger partial charge is 0.573 e. The van der Waals surface area contributed by atoms with E-state index in [1.165, 1.54) is 12.1 Å². The molecule has 0 saturated carbocycles. The van der Waals surface area contributed by atoms with Crippen LogP contribution in [-0.2, 0) is 4.74 Å². The van der Waals surface area contributed by atoms with Crippen LogP contribution in [0.1, 0.15) is 29.5 Å². The van der Waals surface area contributed by atoms with E-state index in [0.717, 1.165) is 16.8 Å². The zero-order valence-corrected chi connectivity index (χ0v) is 20.5. The minimum Gasteiger partial charge on any atom is -0.406 e. The Kier molecular flexibility index (Phi) is 7.25. The highest BCUT2D eigenvalue weighted by Crippen LogP contribution is 2.37. The van der Waals surface area contributed by atoms with Gasteiger partial charge in [0.05, 0.1) is 18.9 Å². The van der Waals surface area contributed by atoms with Crippen LogP contribution in [0.3, 0.4) is 0 Å². The molecule has 8 nitrogen and oxygen atoms in total. The summed E-state index contributed by atoms with van der Waals surface area (Å²) in [5.41, 5.74) is 3.22. The molecule has 196 valence electrons. The van der Waals surface area contributed by atoms with Crippen LogP contribution in [0.4, 0.5) is 18.0 Å². The second kappa shape index (κ2) is 10.6. The summed E-state index contributed by atoms with van der Waals surface area (Å²) < 4.78 is 47.2. The molecule has 2 atom stereocenters. The van der Waals surface area contributed by atoms with Gasteiger partial charge in [-0.1, -0.05) is 23.7 Å². The van der Waals surface area contributed by atoms with Crippen molar-refractivity contribution in [3.63, 3.8) is 0 Å². The molecule has 37 heavy (non-hydrogen) atoms. The van der Waals surface area contributed by atoms with Gasteiger partial charge >= 0.3 is 12.4 Å². The third-order valence-corrected chi connectivity index (χ3v) is 6.85. The van der Waals surface area contributed by atoms with Gasteiger partial charge in [-0.15, -0.1) is 13.2 Å². The second-order valence-corrected chi connectivity index (χ2v) is 9.50. The van der Waals surface area contributed by atoms with E-state index in [-0.39, 0.29) is 23.6 Å². The second-order valence-electron chi connectivity index (χ2n) is 9.11. The Labute approximate surface area is 216 Å². The van der Waals surface area contributed by atoms with Crippen LogP contribution in [0.15, 0.2) is 48.7 Å². The number of likely N-dealkylation sites (tertiary alicyclic amines) is 1. The summed E-state index contributed by atoms with van der Waals surface area (Å²) in [5.74, 6) is -0.432. The lowest BCUT2D eigenvalue weighted by Gasteiger charge is -2.41. The van der Waals surface area contributed by atoms with Crippen molar-refractivity contribution in [1.29, 1.82) is 0 Å². The fourth-order valence-corrected chi connectivity index (χ4v) is 5.05. The number of urea groups is 1. The molecule has 2 aliphatic heterocycles. The lowest BCUT2D eigenvalue weighted by Crippen LogP contribution is -2.52. The standard InChI is InChI=1S/C25H25ClF3N5O3/c26-23-12-17(5-6-30-23)21-13-22(32-31-21)19-11-18(16-1-3-20(4-2-16)37-25(27,28)29)14-34(15-19)24(35)33-7-9-36-10-8-33/h1-6,12-13,18-19H,7-11,14-15H2,(H,31,32). The summed E-state index contributed by atoms with van der Waals surface area (Å²) >= 11 is 6.03. The van der Waals surface area contributed by atoms with Crippen LogP contribution in [-0.4, -0.2) is 76.8 Å². The predicted molar refractivity (Wildman–Crippen MR) is 129 cm³/mol. The highest BCUT2D eigenvalue weighted by Gasteiger charge is 2.35. The molecule has 0 radical (unpaired) electrons. The maximum atomic E-state index is 13.4. The molecule has 2 amide bonds. The smallest absolute Gasteiger partial charge is 0.406 e. The molecular formula is C25H25ClF3N5O3. The van der Waals surface area contributed by atoms with Crippen molar-refractivity contribution in [2.45, 2.75) is 24.6 Å². The quantitative estimate of drug-likeness (QED) is 0.473. The summed E-state index contributed by atoms with van der Waals surface area (Å²) in [6, 6.07) is 11.3. The van der Waals surface area contributed by atoms with Crippen molar-refractivity contribution < 1.29 is 27.4 Å². The number of nitrogens with one attached hydrogen (secondary N) is 1. The minimum atomic E-state index is -4.75. The number of nitrogens with zero attached hydrogens (tertiary/aromatic N) is 4. The zero-order chi connectivity index (χ0) is 26.0. The Morgan fingerprint density at radius 1 is 1.05 bits per heavy atom. The molecule has 2 aromatic heterocycles. The Hall–Kier alpha value is -3.31. The third-order valence-electron chi connectivity index (χ3n) is 6.65. The molecule has 3 aromatic rings. The Morgan fingerprint density at radius 2 is 1.78 bits per heavy atom. The summed E-state index contributed by atoms with van der Waals surface area (Å²) in [5, 5.41) is 7.91. The van der Waals surface area contributed by atoms with Crippen molar-refractivity contribution in [2.24, 2.45) is 0 Å². The van der Waals surface area contributed by atoms with E-state index in [9.17, 15) is 18.0 Å². The van der Waals surface area contributed by atoms with E-state index >= 15 is 0 Å². The number of pyridine rings is 1. The topological polar surface area (TPSA) is 83.6 Å². The Bertz CT molecular complexity index is 1230. The van der Waals surface area contributed by atoms with E-state index in [4.69, 9.17) is 16.3 Å². The highest BCUT2D eigenvalue weighted by atomic mass is 35.5. The lowest BCUT2D eigenvalue weighted by molar-refractivity contribution is -0.274. The van der Waals surface area contributed by atoms with Gasteiger partial charge in [-0.3, -0.25) is 5.10 Å². The third kappa shape index (κ3) is 6.16. The molecule has 2 saturated heterocycles. The minimum absolute atomic E-state index is 0.0617. The molecule has 0 spiro atoms. The molecule has 1 N–H and O–H groups in total. The molecule has 2 fully saturated rings. The number of hydrogen-bond donors (Lipinski definition) is 1. The van der Waals surface area contributed by atoms with Crippen LogP contribution >= 0.6 is 11.6 Å². The number of aromatic amines is 1. The number of benzene rings is 1. The number of carbonyl (C=O) groups is 1. The van der Waals surface area contributed by atoms with Gasteiger partial charge < -0.3 is 19.3 Å². The number of carbonyl (C=O) groups excluding carboxylic acids is 1. The van der Waals surface area contributed by atoms with Crippen LogP contribution in [0.25, 0.3) is 11.3 Å². The maximum Gasteiger partial charge on any atom is 0.573 e. The molecule has 0 aliphatic carbocycles. The van der Waals surface area contributed by atoms with E-state index in [2.05, 4.69) is 19.9 Å². The number of hydrogen-bond acceptors (Lipinski definition) is 5. The van der Waals surface area contributed by atoms with Gasteiger partial charge in [-0.05, 0) is 42.3 Å². The number of alkyl halides is 3. The number of rotatable bonds is 4. The molecule has 2 aliphatic rings. The molecule has 5 rings (SSSR count). The molecule has 12 heteroatoms. The molecule has 1 aromatic carbocycles. The van der Waals surface area contributed by atoms with Crippen LogP contribution in [0.2, 0.25) is 5.15 Å². The number of morpholine rings is 1. The van der Waals surface area contributed by atoms with Gasteiger partial charge in [-0.25, -0.2) is 9.78 Å². The number of aromatic nitrogens is 3. The van der Waals surface area contributed by atoms with Crippen molar-refractivity contribution in [1.82, 2.24) is 25.0 Å². The zero-order valence-electron chi connectivity index (χ0n) is 19.7. The summed E-state index contributed by atoms with van der Waals surface area (Å²) in [6.45, 7) is 2.96. The summed E-state index contributed by atoms with van der Waals surface area (Å²) in [6.07, 6.45) is -2.46. The van der Waals surface area contributed by atoms with Crippen molar-refractivity contribution in [2.75, 3.05) is 39.4 Å². The van der Waals surface area contributed by atoms with E-state index in [1.54, 1.807) is 29.3 Å². The molecule has 4 heterocycles. The first kappa shape index (κ1) is 25.3. The Morgan fingerprint density at radius 3 is 2.49 bits per heavy atom. The average Bonchev–Trinajstić information content (AvgIpc) is 3.39. The van der Waals surface area contributed by atoms with E-state index in [1.807, 2.05) is 17.0 Å². The fourth-order valence-electron chi connectivity index (χ4n) is 4.87. The lowest BCUT2D eigenvalue weighted by atomic mass is 9.83. The van der Waals surface area contributed by atoms with Crippen LogP contribution in [0.5, 0.6) is 5.75 Å². The first-order valence-electron chi connectivity index (χ1n) is 11.9.